The molecule has 3 aliphatic rings. The molecule has 0 fully saturated rings. The molecule has 0 bridgehead atoms. The largest absolute Gasteiger partial charge is 0.507 e. The first-order chi connectivity index (χ1) is 21.4. The molecule has 2 aliphatic heterocycles. The number of ether oxygens (including phenoxy) is 6. The molecule has 2 heterocycles. The molecule has 45 heavy (non-hydrogen) atoms. The molecule has 6 rings (SSSR count). The summed E-state index contributed by atoms with van der Waals surface area (Å²) in [7, 11) is 4.13. The molecule has 0 saturated heterocycles. The van der Waals surface area contributed by atoms with Crippen molar-refractivity contribution in [2.75, 3.05) is 21.3 Å². The third-order valence-electron chi connectivity index (χ3n) is 8.70. The molecule has 3 aromatic carbocycles. The highest BCUT2D eigenvalue weighted by atomic mass is 16.6. The van der Waals surface area contributed by atoms with E-state index >= 15 is 0 Å². The molecule has 0 saturated carbocycles. The number of carbonyl (C=O) groups is 3. The second kappa shape index (κ2) is 11.1. The van der Waals surface area contributed by atoms with Crippen molar-refractivity contribution in [3.8, 4) is 34.1 Å². The van der Waals surface area contributed by atoms with Gasteiger partial charge in [-0.15, -0.1) is 0 Å². The molecule has 0 aromatic heterocycles. The number of allylic oxidation sites excluding steroid dienone is 1. The van der Waals surface area contributed by atoms with Gasteiger partial charge in [-0.3, -0.25) is 14.4 Å². The summed E-state index contributed by atoms with van der Waals surface area (Å²) < 4.78 is 34.1. The monoisotopic (exact) mass is 620 g/mol. The number of aliphatic hydroxyl groups excluding tert-OH is 1. The number of benzene rings is 3. The van der Waals surface area contributed by atoms with Crippen molar-refractivity contribution in [2.45, 2.75) is 58.4 Å². The van der Waals surface area contributed by atoms with Gasteiger partial charge in [0, 0.05) is 46.2 Å². The lowest BCUT2D eigenvalue weighted by molar-refractivity contribution is -0.157. The van der Waals surface area contributed by atoms with Gasteiger partial charge in [-0.1, -0.05) is 0 Å². The van der Waals surface area contributed by atoms with Crippen LogP contribution in [-0.2, 0) is 41.8 Å². The fourth-order valence-corrected chi connectivity index (χ4v) is 6.54. The Labute approximate surface area is 257 Å². The Hall–Kier alpha value is -4.65. The molecule has 4 atom stereocenters. The molecule has 236 valence electrons. The number of fused-ring (bicyclic) bond motifs is 4. The predicted molar refractivity (Wildman–Crippen MR) is 158 cm³/mol. The van der Waals surface area contributed by atoms with Gasteiger partial charge in [0.2, 0.25) is 5.78 Å². The van der Waals surface area contributed by atoms with Crippen LogP contribution in [-0.4, -0.2) is 66.4 Å². The van der Waals surface area contributed by atoms with Crippen molar-refractivity contribution < 1.29 is 58.1 Å². The van der Waals surface area contributed by atoms with Gasteiger partial charge >= 0.3 is 5.97 Å². The van der Waals surface area contributed by atoms with E-state index in [0.29, 0.717) is 22.3 Å². The van der Waals surface area contributed by atoms with Gasteiger partial charge < -0.3 is 43.7 Å². The highest BCUT2D eigenvalue weighted by Crippen LogP contribution is 2.56. The van der Waals surface area contributed by atoms with Crippen molar-refractivity contribution in [3.63, 3.8) is 0 Å². The number of ketones is 2. The summed E-state index contributed by atoms with van der Waals surface area (Å²) in [6, 6.07) is 3.24. The van der Waals surface area contributed by atoms with Crippen LogP contribution in [0.4, 0.5) is 0 Å². The van der Waals surface area contributed by atoms with E-state index in [1.165, 1.54) is 34.3 Å². The summed E-state index contributed by atoms with van der Waals surface area (Å²) in [6.45, 7) is 4.36. The van der Waals surface area contributed by atoms with Gasteiger partial charge in [0.1, 0.15) is 29.1 Å². The first kappa shape index (κ1) is 30.4. The number of phenols is 2. The summed E-state index contributed by atoms with van der Waals surface area (Å²) in [5.74, 6) is -2.96. The van der Waals surface area contributed by atoms with E-state index in [1.807, 2.05) is 0 Å². The maximum atomic E-state index is 13.6. The van der Waals surface area contributed by atoms with Crippen LogP contribution in [0.5, 0.6) is 23.0 Å². The quantitative estimate of drug-likeness (QED) is 0.276. The lowest BCUT2D eigenvalue weighted by atomic mass is 9.74. The second-order valence-electron chi connectivity index (χ2n) is 11.2. The van der Waals surface area contributed by atoms with Crippen molar-refractivity contribution >= 4 is 34.4 Å². The predicted octanol–water partition coefficient (Wildman–Crippen LogP) is 4.16. The molecule has 0 radical (unpaired) electrons. The van der Waals surface area contributed by atoms with Gasteiger partial charge in [0.05, 0.1) is 57.7 Å². The molecule has 12 heteroatoms. The first-order valence-electron chi connectivity index (χ1n) is 14.2. The number of aliphatic hydroxyl groups is 1. The van der Waals surface area contributed by atoms with Gasteiger partial charge in [-0.05, 0) is 37.1 Å². The van der Waals surface area contributed by atoms with Crippen LogP contribution in [0, 0.1) is 0 Å². The Kier molecular flexibility index (Phi) is 7.46. The van der Waals surface area contributed by atoms with E-state index < -0.39 is 47.7 Å². The number of aromatic hydroxyl groups is 2. The lowest BCUT2D eigenvalue weighted by Crippen LogP contribution is -2.31. The molecular weight excluding hydrogens is 588 g/mol. The zero-order chi connectivity index (χ0) is 32.5. The van der Waals surface area contributed by atoms with Crippen LogP contribution < -0.4 is 9.47 Å². The maximum Gasteiger partial charge on any atom is 0.303 e. The smallest absolute Gasteiger partial charge is 0.303 e. The molecule has 3 N–H and O–H groups in total. The molecule has 0 spiro atoms. The number of carbonyl (C=O) groups excluding carboxylic acids is 3. The minimum absolute atomic E-state index is 0.0840. The van der Waals surface area contributed by atoms with Crippen LogP contribution in [0.15, 0.2) is 17.9 Å². The number of esters is 1. The second-order valence-corrected chi connectivity index (χ2v) is 11.2. The zero-order valence-electron chi connectivity index (χ0n) is 25.5. The highest BCUT2D eigenvalue weighted by Gasteiger charge is 2.44. The molecule has 3 aromatic rings. The van der Waals surface area contributed by atoms with E-state index in [9.17, 15) is 29.7 Å². The van der Waals surface area contributed by atoms with Crippen LogP contribution in [0.1, 0.15) is 71.2 Å². The Morgan fingerprint density at radius 3 is 2.13 bits per heavy atom. The van der Waals surface area contributed by atoms with Crippen LogP contribution in [0.25, 0.3) is 28.0 Å². The van der Waals surface area contributed by atoms with Gasteiger partial charge in [0.15, 0.2) is 11.9 Å². The van der Waals surface area contributed by atoms with Gasteiger partial charge in [-0.25, -0.2) is 0 Å². The van der Waals surface area contributed by atoms with Crippen LogP contribution in [0.3, 0.4) is 0 Å². The molecule has 12 nitrogen and oxygen atoms in total. The van der Waals surface area contributed by atoms with Crippen molar-refractivity contribution in [1.29, 1.82) is 0 Å². The average molecular weight is 621 g/mol. The zero-order valence-corrected chi connectivity index (χ0v) is 25.5. The minimum atomic E-state index is -1.32. The van der Waals surface area contributed by atoms with Crippen molar-refractivity contribution in [2.24, 2.45) is 0 Å². The molecular formula is C33H32O12. The first-order valence-corrected chi connectivity index (χ1v) is 14.2. The average Bonchev–Trinajstić information content (AvgIpc) is 3.02. The Bertz CT molecular complexity index is 1840. The van der Waals surface area contributed by atoms with Crippen molar-refractivity contribution in [1.82, 2.24) is 0 Å². The molecule has 1 aliphatic carbocycles. The van der Waals surface area contributed by atoms with E-state index in [0.717, 1.165) is 0 Å². The Morgan fingerprint density at radius 2 is 1.51 bits per heavy atom. The van der Waals surface area contributed by atoms with Crippen LogP contribution >= 0.6 is 0 Å². The fraction of sp³-hybridized carbons (Fsp3) is 0.364. The lowest BCUT2D eigenvalue weighted by Gasteiger charge is -2.37. The van der Waals surface area contributed by atoms with Gasteiger partial charge in [-0.2, -0.15) is 0 Å². The minimum Gasteiger partial charge on any atom is -0.507 e. The summed E-state index contributed by atoms with van der Waals surface area (Å²) in [5, 5.41) is 35.5. The third kappa shape index (κ3) is 4.43. The standard InChI is InChI=1S/C33H32O12/c1-12-28(35)25-18(10-43-12)30(37)27-17(9-21(42-6)31(38)32(27)39)23(25)24-16-7-15(40-4)8-20(41-5)22(16)29(36)19-11-44-13(2)33(26(19)24)45-14(3)34/h7-9,12-13,28,33,35-37H,10-11H2,1-6H3/t12-,13-,28+,33+/m0/s1. The summed E-state index contributed by atoms with van der Waals surface area (Å²) >= 11 is 0. The molecule has 0 unspecified atom stereocenters. The van der Waals surface area contributed by atoms with Crippen molar-refractivity contribution in [3.05, 3.63) is 51.3 Å². The highest BCUT2D eigenvalue weighted by molar-refractivity contribution is 6.52. The number of Topliss-reactive ketones (excluding diaryl/α,β-unsaturated/α-hetero) is 2. The number of hydrogen-bond acceptors (Lipinski definition) is 12. The summed E-state index contributed by atoms with van der Waals surface area (Å²) in [5.41, 5.74) is 1.36. The summed E-state index contributed by atoms with van der Waals surface area (Å²) in [6.07, 6.45) is -2.46. The Morgan fingerprint density at radius 1 is 0.844 bits per heavy atom. The van der Waals surface area contributed by atoms with E-state index in [1.54, 1.807) is 26.0 Å². The normalized spacial score (nSPS) is 22.2. The van der Waals surface area contributed by atoms with E-state index in [4.69, 9.17) is 28.4 Å². The van der Waals surface area contributed by atoms with E-state index in [-0.39, 0.29) is 69.2 Å². The third-order valence-corrected chi connectivity index (χ3v) is 8.70. The fourth-order valence-electron chi connectivity index (χ4n) is 6.54. The number of methoxy groups -OCH3 is 3. The van der Waals surface area contributed by atoms with E-state index in [2.05, 4.69) is 0 Å². The van der Waals surface area contributed by atoms with Crippen LogP contribution in [0.2, 0.25) is 0 Å². The number of hydrogen-bond donors (Lipinski definition) is 3. The topological polar surface area (TPSA) is 167 Å². The number of rotatable bonds is 5. The number of phenolic OH excluding ortho intramolecular Hbond substituents is 2. The Balaban J connectivity index is 1.93. The SMILES string of the molecule is COC1=Cc2c(c(O)c3c(c2-c2c4c(c(O)c5c(OC)cc(OC)cc25)CO[C@@H](C)[C@H]4OC(C)=O)[C@H](O)[C@H](C)OC3)C(=O)C1=O. The van der Waals surface area contributed by atoms with Gasteiger partial charge in [0.25, 0.3) is 5.78 Å². The summed E-state index contributed by atoms with van der Waals surface area (Å²) in [4.78, 5) is 39.0. The maximum absolute atomic E-state index is 13.6. The molecule has 0 amide bonds.